The molecule has 0 unspecified atom stereocenters. The first-order valence-electron chi connectivity index (χ1n) is 5.63. The van der Waals surface area contributed by atoms with Crippen LogP contribution in [0, 0.1) is 0 Å². The van der Waals surface area contributed by atoms with Crippen LogP contribution in [0.25, 0.3) is 0 Å². The molecule has 2 aromatic rings. The molecule has 25 heavy (non-hydrogen) atoms. The van der Waals surface area contributed by atoms with Gasteiger partial charge >= 0.3 is 88.7 Å². The topological polar surface area (TPSA) is 114 Å². The second-order valence-electron chi connectivity index (χ2n) is 4.02. The molecule has 0 atom stereocenters. The summed E-state index contributed by atoms with van der Waals surface area (Å²) in [6.07, 6.45) is 0. The monoisotopic (exact) mass is 445 g/mol. The molecule has 13 heteroatoms. The minimum atomic E-state index is -4.46. The van der Waals surface area contributed by atoms with Crippen molar-refractivity contribution in [3.63, 3.8) is 0 Å². The molecule has 0 heterocycles. The Kier molecular flexibility index (Phi) is 14.6. The van der Waals surface area contributed by atoms with E-state index < -0.39 is 20.2 Å². The zero-order valence-corrected chi connectivity index (χ0v) is 23.0. The predicted octanol–water partition coefficient (Wildman–Crippen LogP) is -6.69. The zero-order valence-electron chi connectivity index (χ0n) is 13.7. The average molecular weight is 445 g/mol. The van der Waals surface area contributed by atoms with Crippen LogP contribution in [-0.4, -0.2) is 25.9 Å². The van der Waals surface area contributed by atoms with E-state index in [2.05, 4.69) is 0 Å². The first-order chi connectivity index (χ1) is 10.2. The minimum Gasteiger partial charge on any atom is -0.744 e. The molecule has 118 valence electrons. The number of hydrogen-bond acceptors (Lipinski definition) is 8. The summed E-state index contributed by atoms with van der Waals surface area (Å²) in [4.78, 5) is 0.842. The molecule has 0 bridgehead atoms. The SMILES string of the molecule is O=S(=O)([O-])c1ccc(SSc2ccc(S(=O)(=O)[O-])cc2)cc1.[Na+].[Na+].[Na+]. The Morgan fingerprint density at radius 2 is 0.800 bits per heavy atom. The van der Waals surface area contributed by atoms with Crippen molar-refractivity contribution in [1.82, 2.24) is 0 Å². The van der Waals surface area contributed by atoms with Crippen LogP contribution in [0.3, 0.4) is 0 Å². The molecule has 6 nitrogen and oxygen atoms in total. The van der Waals surface area contributed by atoms with E-state index in [0.717, 1.165) is 9.79 Å². The maximum atomic E-state index is 10.8. The Balaban J connectivity index is 0. The van der Waals surface area contributed by atoms with E-state index in [4.69, 9.17) is 0 Å². The standard InChI is InChI=1S/C12H10O6S4.3Na/c13-21(14,15)11-5-1-9(2-6-11)19-20-10-3-7-12(8-4-10)22(16,17)18;;;/h1-8H,(H,13,14,15)(H,16,17,18);;;/q;3*+1/p-2. The van der Waals surface area contributed by atoms with E-state index >= 15 is 0 Å². The van der Waals surface area contributed by atoms with Crippen LogP contribution in [0.1, 0.15) is 0 Å². The quantitative estimate of drug-likeness (QED) is 0.254. The van der Waals surface area contributed by atoms with Crippen molar-refractivity contribution in [2.45, 2.75) is 19.6 Å². The maximum Gasteiger partial charge on any atom is 1.00 e. The molecule has 2 aromatic carbocycles. The van der Waals surface area contributed by atoms with Crippen LogP contribution in [0.4, 0.5) is 0 Å². The Morgan fingerprint density at radius 3 is 1.00 bits per heavy atom. The van der Waals surface area contributed by atoms with Crippen LogP contribution < -0.4 is 88.7 Å². The van der Waals surface area contributed by atoms with Crippen molar-refractivity contribution in [2.75, 3.05) is 0 Å². The van der Waals surface area contributed by atoms with Crippen LogP contribution >= 0.6 is 21.6 Å². The molecule has 0 aromatic heterocycles. The molecule has 0 radical (unpaired) electrons. The average Bonchev–Trinajstić information content (AvgIpc) is 2.44. The smallest absolute Gasteiger partial charge is 0.744 e. The summed E-state index contributed by atoms with van der Waals surface area (Å²) in [7, 11) is -6.32. The van der Waals surface area contributed by atoms with Gasteiger partial charge in [-0.2, -0.15) is 0 Å². The fourth-order valence-corrected chi connectivity index (χ4v) is 4.29. The first-order valence-corrected chi connectivity index (χ1v) is 10.6. The number of rotatable bonds is 5. The molecule has 2 rings (SSSR count). The molecule has 0 N–H and O–H groups in total. The summed E-state index contributed by atoms with van der Waals surface area (Å²) >= 11 is 0. The van der Waals surface area contributed by atoms with Crippen molar-refractivity contribution in [2.24, 2.45) is 0 Å². The zero-order chi connectivity index (χ0) is 16.4. The Labute approximate surface area is 221 Å². The molecule has 0 aliphatic heterocycles. The third-order valence-electron chi connectivity index (χ3n) is 2.46. The van der Waals surface area contributed by atoms with Gasteiger partial charge in [-0.3, -0.25) is 0 Å². The molecular formula is C12H8Na3O6S4+. The first kappa shape index (κ1) is 29.2. The number of benzene rings is 2. The second-order valence-corrected chi connectivity index (χ2v) is 9.05. The van der Waals surface area contributed by atoms with E-state index in [1.807, 2.05) is 0 Å². The Bertz CT molecular complexity index is 793. The van der Waals surface area contributed by atoms with Crippen molar-refractivity contribution in [3.8, 4) is 0 Å². The third kappa shape index (κ3) is 9.82. The fourth-order valence-electron chi connectivity index (χ4n) is 1.42. The van der Waals surface area contributed by atoms with E-state index in [0.29, 0.717) is 0 Å². The maximum absolute atomic E-state index is 10.8. The van der Waals surface area contributed by atoms with Gasteiger partial charge in [-0.25, -0.2) is 16.8 Å². The van der Waals surface area contributed by atoms with Gasteiger partial charge in [0.15, 0.2) is 0 Å². The summed E-state index contributed by atoms with van der Waals surface area (Å²) in [6, 6.07) is 10.9. The molecular weight excluding hydrogens is 437 g/mol. The predicted molar refractivity (Wildman–Crippen MR) is 80.5 cm³/mol. The molecule has 0 spiro atoms. The van der Waals surface area contributed by atoms with Gasteiger partial charge in [-0.1, -0.05) is 21.6 Å². The molecule has 0 aliphatic rings. The summed E-state index contributed by atoms with van der Waals surface area (Å²) < 4.78 is 64.8. The van der Waals surface area contributed by atoms with Crippen LogP contribution in [0.15, 0.2) is 68.1 Å². The van der Waals surface area contributed by atoms with Gasteiger partial charge in [0, 0.05) is 9.79 Å². The van der Waals surface area contributed by atoms with Crippen LogP contribution in [0.2, 0.25) is 0 Å². The van der Waals surface area contributed by atoms with Gasteiger partial charge in [-0.15, -0.1) is 0 Å². The Morgan fingerprint density at radius 1 is 0.560 bits per heavy atom. The second kappa shape index (κ2) is 12.5. The summed E-state index contributed by atoms with van der Waals surface area (Å²) in [5.74, 6) is 0. The van der Waals surface area contributed by atoms with Crippen molar-refractivity contribution < 1.29 is 115 Å². The molecule has 0 saturated heterocycles. The van der Waals surface area contributed by atoms with Crippen LogP contribution in [0.5, 0.6) is 0 Å². The van der Waals surface area contributed by atoms with Gasteiger partial charge in [-0.05, 0) is 48.5 Å². The van der Waals surface area contributed by atoms with Crippen molar-refractivity contribution in [1.29, 1.82) is 0 Å². The van der Waals surface area contributed by atoms with Gasteiger partial charge < -0.3 is 9.11 Å². The number of hydrogen-bond donors (Lipinski definition) is 0. The third-order valence-corrected chi connectivity index (χ3v) is 6.58. The molecule has 0 amide bonds. The van der Waals surface area contributed by atoms with E-state index in [-0.39, 0.29) is 98.5 Å². The van der Waals surface area contributed by atoms with Gasteiger partial charge in [0.05, 0.1) is 9.79 Å². The molecule has 0 fully saturated rings. The van der Waals surface area contributed by atoms with E-state index in [1.54, 1.807) is 0 Å². The van der Waals surface area contributed by atoms with Gasteiger partial charge in [0.1, 0.15) is 20.2 Å². The van der Waals surface area contributed by atoms with E-state index in [1.165, 1.54) is 70.1 Å². The fraction of sp³-hybridized carbons (Fsp3) is 0. The molecule has 0 aliphatic carbocycles. The van der Waals surface area contributed by atoms with E-state index in [9.17, 15) is 25.9 Å². The normalized spacial score (nSPS) is 10.8. The summed E-state index contributed by atoms with van der Waals surface area (Å²) in [5, 5.41) is 0. The largest absolute Gasteiger partial charge is 1.00 e. The van der Waals surface area contributed by atoms with Crippen molar-refractivity contribution >= 4 is 41.8 Å². The molecule has 0 saturated carbocycles. The summed E-state index contributed by atoms with van der Waals surface area (Å²) in [6.45, 7) is 0. The Hall–Kier alpha value is 1.96. The minimum absolute atomic E-state index is 0. The van der Waals surface area contributed by atoms with Crippen LogP contribution in [-0.2, 0) is 20.2 Å². The van der Waals surface area contributed by atoms with Gasteiger partial charge in [0.2, 0.25) is 0 Å². The van der Waals surface area contributed by atoms with Gasteiger partial charge in [0.25, 0.3) is 0 Å². The van der Waals surface area contributed by atoms with Crippen molar-refractivity contribution in [3.05, 3.63) is 48.5 Å². The summed E-state index contributed by atoms with van der Waals surface area (Å²) in [5.41, 5.74) is 0.